The molecule has 8 nitrogen and oxygen atoms in total. The van der Waals surface area contributed by atoms with Crippen molar-refractivity contribution in [1.29, 1.82) is 0 Å². The van der Waals surface area contributed by atoms with Gasteiger partial charge in [-0.3, -0.25) is 14.2 Å². The second-order valence-electron chi connectivity index (χ2n) is 6.98. The second kappa shape index (κ2) is 7.56. The van der Waals surface area contributed by atoms with Gasteiger partial charge in [0, 0.05) is 32.8 Å². The molecule has 2 saturated heterocycles. The zero-order valence-electron chi connectivity index (χ0n) is 15.1. The first-order valence-corrected chi connectivity index (χ1v) is 9.40. The van der Waals surface area contributed by atoms with Gasteiger partial charge in [-0.15, -0.1) is 0 Å². The van der Waals surface area contributed by atoms with Crippen molar-refractivity contribution < 1.29 is 18.7 Å². The number of benzene rings is 1. The fourth-order valence-electron chi connectivity index (χ4n) is 3.76. The van der Waals surface area contributed by atoms with E-state index >= 15 is 0 Å². The third-order valence-corrected chi connectivity index (χ3v) is 5.23. The topological polar surface area (TPSA) is 85.0 Å². The molecule has 2 fully saturated rings. The molecule has 0 spiro atoms. The lowest BCUT2D eigenvalue weighted by molar-refractivity contribution is -0.141. The molecular formula is C19H23N3O5. The summed E-state index contributed by atoms with van der Waals surface area (Å²) < 4.78 is 12.0. The predicted octanol–water partition coefficient (Wildman–Crippen LogP) is 0.834. The third-order valence-electron chi connectivity index (χ3n) is 5.23. The van der Waals surface area contributed by atoms with Crippen LogP contribution in [0.3, 0.4) is 0 Å². The zero-order valence-corrected chi connectivity index (χ0v) is 15.1. The largest absolute Gasteiger partial charge is 0.420 e. The standard InChI is InChI=1S/C19H23N3O5/c23-17(13-22-14-5-1-2-6-15(14)27-19(22)25)20-8-4-9-21(11-10-20)18(24)16-7-3-12-26-16/h1-2,5-6,16H,3-4,7-13H2/t16-/m1/s1. The molecule has 8 heteroatoms. The lowest BCUT2D eigenvalue weighted by Crippen LogP contribution is -2.42. The smallest absolute Gasteiger partial charge is 0.408 e. The molecule has 1 aromatic carbocycles. The van der Waals surface area contributed by atoms with Gasteiger partial charge in [-0.1, -0.05) is 12.1 Å². The van der Waals surface area contributed by atoms with Crippen LogP contribution in [0.4, 0.5) is 0 Å². The number of nitrogens with zero attached hydrogens (tertiary/aromatic N) is 3. The molecule has 0 bridgehead atoms. The maximum absolute atomic E-state index is 12.7. The highest BCUT2D eigenvalue weighted by Crippen LogP contribution is 2.17. The van der Waals surface area contributed by atoms with E-state index in [1.165, 1.54) is 4.57 Å². The molecule has 4 rings (SSSR count). The van der Waals surface area contributed by atoms with E-state index in [1.54, 1.807) is 34.1 Å². The van der Waals surface area contributed by atoms with Crippen LogP contribution in [0, 0.1) is 0 Å². The number of carbonyl (C=O) groups is 2. The number of para-hydroxylation sites is 2. The van der Waals surface area contributed by atoms with Crippen LogP contribution in [0.25, 0.3) is 11.1 Å². The van der Waals surface area contributed by atoms with Crippen LogP contribution in [0.15, 0.2) is 33.5 Å². The van der Waals surface area contributed by atoms with Gasteiger partial charge in [-0.2, -0.15) is 0 Å². The van der Waals surface area contributed by atoms with Crippen molar-refractivity contribution in [2.45, 2.75) is 31.9 Å². The number of carbonyl (C=O) groups excluding carboxylic acids is 2. The van der Waals surface area contributed by atoms with Crippen LogP contribution in [-0.4, -0.2) is 65.1 Å². The van der Waals surface area contributed by atoms with Gasteiger partial charge in [0.1, 0.15) is 12.6 Å². The quantitative estimate of drug-likeness (QED) is 0.796. The predicted molar refractivity (Wildman–Crippen MR) is 97.2 cm³/mol. The van der Waals surface area contributed by atoms with E-state index in [2.05, 4.69) is 0 Å². The van der Waals surface area contributed by atoms with Crippen molar-refractivity contribution in [3.8, 4) is 0 Å². The molecule has 27 heavy (non-hydrogen) atoms. The highest BCUT2D eigenvalue weighted by molar-refractivity contribution is 5.82. The van der Waals surface area contributed by atoms with E-state index in [0.29, 0.717) is 50.3 Å². The van der Waals surface area contributed by atoms with Gasteiger partial charge < -0.3 is 19.0 Å². The van der Waals surface area contributed by atoms with E-state index in [9.17, 15) is 14.4 Å². The SMILES string of the molecule is O=C(Cn1c(=O)oc2ccccc21)N1CCCN(C(=O)[C@H]2CCCO2)CC1. The normalized spacial score (nSPS) is 20.8. The van der Waals surface area contributed by atoms with Gasteiger partial charge in [-0.25, -0.2) is 4.79 Å². The minimum absolute atomic E-state index is 0.0267. The highest BCUT2D eigenvalue weighted by atomic mass is 16.5. The third kappa shape index (κ3) is 3.62. The van der Waals surface area contributed by atoms with E-state index < -0.39 is 5.76 Å². The molecule has 2 aliphatic rings. The number of amides is 2. The van der Waals surface area contributed by atoms with Gasteiger partial charge >= 0.3 is 5.76 Å². The summed E-state index contributed by atoms with van der Waals surface area (Å²) in [5.74, 6) is -0.650. The molecule has 0 radical (unpaired) electrons. The molecule has 144 valence electrons. The van der Waals surface area contributed by atoms with Crippen molar-refractivity contribution in [1.82, 2.24) is 14.4 Å². The van der Waals surface area contributed by atoms with Gasteiger partial charge in [0.25, 0.3) is 5.91 Å². The van der Waals surface area contributed by atoms with E-state index in [-0.39, 0.29) is 24.5 Å². The summed E-state index contributed by atoms with van der Waals surface area (Å²) in [6.07, 6.45) is 2.07. The molecular weight excluding hydrogens is 350 g/mol. The van der Waals surface area contributed by atoms with Crippen LogP contribution >= 0.6 is 0 Å². The van der Waals surface area contributed by atoms with Gasteiger partial charge in [0.2, 0.25) is 5.91 Å². The minimum atomic E-state index is -0.533. The van der Waals surface area contributed by atoms with Crippen LogP contribution in [0.1, 0.15) is 19.3 Å². The number of aromatic nitrogens is 1. The van der Waals surface area contributed by atoms with Crippen molar-refractivity contribution in [2.24, 2.45) is 0 Å². The van der Waals surface area contributed by atoms with Crippen molar-refractivity contribution in [2.75, 3.05) is 32.8 Å². The summed E-state index contributed by atoms with van der Waals surface area (Å²) in [7, 11) is 0. The molecule has 2 aliphatic heterocycles. The Hall–Kier alpha value is -2.61. The summed E-state index contributed by atoms with van der Waals surface area (Å²) in [5.41, 5.74) is 1.08. The lowest BCUT2D eigenvalue weighted by Gasteiger charge is -2.24. The first-order valence-electron chi connectivity index (χ1n) is 9.40. The Labute approximate surface area is 156 Å². The van der Waals surface area contributed by atoms with Crippen LogP contribution in [-0.2, 0) is 20.9 Å². The summed E-state index contributed by atoms with van der Waals surface area (Å²) in [6, 6.07) is 7.06. The Morgan fingerprint density at radius 3 is 2.63 bits per heavy atom. The number of hydrogen-bond donors (Lipinski definition) is 0. The van der Waals surface area contributed by atoms with Crippen LogP contribution < -0.4 is 5.76 Å². The summed E-state index contributed by atoms with van der Waals surface area (Å²) >= 11 is 0. The van der Waals surface area contributed by atoms with Crippen molar-refractivity contribution in [3.05, 3.63) is 34.8 Å². The fourth-order valence-corrected chi connectivity index (χ4v) is 3.76. The zero-order chi connectivity index (χ0) is 18.8. The monoisotopic (exact) mass is 373 g/mol. The molecule has 1 atom stereocenters. The number of ether oxygens (including phenoxy) is 1. The molecule has 0 aliphatic carbocycles. The van der Waals surface area contributed by atoms with E-state index in [1.807, 2.05) is 0 Å². The Kier molecular flexibility index (Phi) is 4.98. The highest BCUT2D eigenvalue weighted by Gasteiger charge is 2.30. The maximum Gasteiger partial charge on any atom is 0.420 e. The Morgan fingerprint density at radius 1 is 1.04 bits per heavy atom. The van der Waals surface area contributed by atoms with Gasteiger partial charge in [0.05, 0.1) is 5.52 Å². The number of fused-ring (bicyclic) bond motifs is 1. The molecule has 0 N–H and O–H groups in total. The average Bonchev–Trinajstić information content (AvgIpc) is 3.23. The molecule has 2 amide bonds. The summed E-state index contributed by atoms with van der Waals surface area (Å²) in [4.78, 5) is 40.8. The first kappa shape index (κ1) is 17.8. The van der Waals surface area contributed by atoms with Crippen molar-refractivity contribution >= 4 is 22.9 Å². The molecule has 0 unspecified atom stereocenters. The Bertz CT molecular complexity index is 896. The minimum Gasteiger partial charge on any atom is -0.408 e. The van der Waals surface area contributed by atoms with Crippen molar-refractivity contribution in [3.63, 3.8) is 0 Å². The average molecular weight is 373 g/mol. The molecule has 3 heterocycles. The molecule has 2 aromatic rings. The Morgan fingerprint density at radius 2 is 1.81 bits per heavy atom. The van der Waals surface area contributed by atoms with Crippen LogP contribution in [0.5, 0.6) is 0 Å². The van der Waals surface area contributed by atoms with Gasteiger partial charge in [-0.05, 0) is 31.4 Å². The number of oxazole rings is 1. The number of hydrogen-bond acceptors (Lipinski definition) is 5. The van der Waals surface area contributed by atoms with Gasteiger partial charge in [0.15, 0.2) is 5.58 Å². The maximum atomic E-state index is 12.7. The summed E-state index contributed by atoms with van der Waals surface area (Å²) in [5, 5.41) is 0. The number of rotatable bonds is 3. The van der Waals surface area contributed by atoms with E-state index in [0.717, 1.165) is 12.8 Å². The lowest BCUT2D eigenvalue weighted by atomic mass is 10.2. The van der Waals surface area contributed by atoms with E-state index in [4.69, 9.17) is 9.15 Å². The van der Waals surface area contributed by atoms with Crippen LogP contribution in [0.2, 0.25) is 0 Å². The first-order chi connectivity index (χ1) is 13.1. The summed E-state index contributed by atoms with van der Waals surface area (Å²) in [6.45, 7) is 2.72. The molecule has 1 aromatic heterocycles. The Balaban J connectivity index is 1.41. The molecule has 0 saturated carbocycles. The fraction of sp³-hybridized carbons (Fsp3) is 0.526. The second-order valence-corrected chi connectivity index (χ2v) is 6.98.